The van der Waals surface area contributed by atoms with Crippen LogP contribution in [-0.2, 0) is 4.79 Å². The van der Waals surface area contributed by atoms with Gasteiger partial charge in [0.05, 0.1) is 0 Å². The quantitative estimate of drug-likeness (QED) is 0.811. The van der Waals surface area contributed by atoms with Gasteiger partial charge in [-0.3, -0.25) is 4.79 Å². The van der Waals surface area contributed by atoms with Crippen molar-refractivity contribution in [2.24, 2.45) is 0 Å². The normalized spacial score (nSPS) is 16.5. The lowest BCUT2D eigenvalue weighted by Gasteiger charge is -2.19. The van der Waals surface area contributed by atoms with E-state index in [4.69, 9.17) is 16.0 Å². The van der Waals surface area contributed by atoms with Crippen LogP contribution in [0.2, 0.25) is 5.02 Å². The number of benzene rings is 1. The molecular weight excluding hydrogens is 278 g/mol. The average Bonchev–Trinajstić information content (AvgIpc) is 2.67. The van der Waals surface area contributed by atoms with Gasteiger partial charge in [-0.05, 0) is 18.6 Å². The van der Waals surface area contributed by atoms with Crippen LogP contribution in [0.4, 0.5) is 6.01 Å². The number of aromatic nitrogens is 1. The molecule has 0 saturated carbocycles. The summed E-state index contributed by atoms with van der Waals surface area (Å²) in [6, 6.07) is 6.03. The van der Waals surface area contributed by atoms with Crippen LogP contribution in [0.3, 0.4) is 0 Å². The third-order valence-electron chi connectivity index (χ3n) is 3.55. The average molecular weight is 294 g/mol. The molecule has 106 valence electrons. The number of halogens is 1. The zero-order chi connectivity index (χ0) is 14.1. The first-order valence-electron chi connectivity index (χ1n) is 6.70. The van der Waals surface area contributed by atoms with Crippen LogP contribution in [-0.4, -0.2) is 42.0 Å². The standard InChI is InChI=1S/C14H16ClN3O2/c1-10(19)17-5-2-6-18(8-7-17)14-16-12-4-3-11(15)9-13(12)20-14/h3-4,9H,2,5-8H2,1H3. The topological polar surface area (TPSA) is 49.6 Å². The van der Waals surface area contributed by atoms with Crippen LogP contribution >= 0.6 is 11.6 Å². The summed E-state index contributed by atoms with van der Waals surface area (Å²) in [5, 5.41) is 0.638. The van der Waals surface area contributed by atoms with E-state index in [0.29, 0.717) is 23.2 Å². The van der Waals surface area contributed by atoms with E-state index in [9.17, 15) is 4.79 Å². The van der Waals surface area contributed by atoms with Crippen molar-refractivity contribution in [3.05, 3.63) is 23.2 Å². The number of carbonyl (C=O) groups is 1. The molecule has 2 heterocycles. The van der Waals surface area contributed by atoms with Gasteiger partial charge < -0.3 is 14.2 Å². The largest absolute Gasteiger partial charge is 0.423 e. The molecule has 1 aromatic carbocycles. The third kappa shape index (κ3) is 2.58. The zero-order valence-corrected chi connectivity index (χ0v) is 12.1. The molecule has 0 unspecified atom stereocenters. The van der Waals surface area contributed by atoms with Crippen LogP contribution in [0.1, 0.15) is 13.3 Å². The minimum atomic E-state index is 0.121. The van der Waals surface area contributed by atoms with Crippen LogP contribution in [0.15, 0.2) is 22.6 Å². The van der Waals surface area contributed by atoms with E-state index in [1.807, 2.05) is 11.0 Å². The molecule has 1 amide bonds. The maximum atomic E-state index is 11.4. The van der Waals surface area contributed by atoms with E-state index < -0.39 is 0 Å². The molecular formula is C14H16ClN3O2. The highest BCUT2D eigenvalue weighted by Gasteiger charge is 2.20. The molecule has 0 N–H and O–H groups in total. The highest BCUT2D eigenvalue weighted by molar-refractivity contribution is 6.31. The van der Waals surface area contributed by atoms with Gasteiger partial charge in [0, 0.05) is 44.2 Å². The number of hydrogen-bond donors (Lipinski definition) is 0. The molecule has 1 aliphatic rings. The monoisotopic (exact) mass is 293 g/mol. The fourth-order valence-corrected chi connectivity index (χ4v) is 2.61. The summed E-state index contributed by atoms with van der Waals surface area (Å²) < 4.78 is 5.77. The van der Waals surface area contributed by atoms with Crippen LogP contribution in [0.25, 0.3) is 11.1 Å². The van der Waals surface area contributed by atoms with Gasteiger partial charge in [0.2, 0.25) is 5.91 Å². The Morgan fingerprint density at radius 2 is 2.15 bits per heavy atom. The van der Waals surface area contributed by atoms with Crippen molar-refractivity contribution in [1.29, 1.82) is 0 Å². The van der Waals surface area contributed by atoms with Gasteiger partial charge >= 0.3 is 0 Å². The first kappa shape index (κ1) is 13.2. The Morgan fingerprint density at radius 1 is 1.30 bits per heavy atom. The molecule has 0 bridgehead atoms. The second-order valence-corrected chi connectivity index (χ2v) is 5.39. The van der Waals surface area contributed by atoms with Crippen LogP contribution < -0.4 is 4.90 Å². The minimum Gasteiger partial charge on any atom is -0.423 e. The molecule has 6 heteroatoms. The van der Waals surface area contributed by atoms with Gasteiger partial charge in [-0.2, -0.15) is 4.98 Å². The molecule has 1 saturated heterocycles. The lowest BCUT2D eigenvalue weighted by molar-refractivity contribution is -0.128. The zero-order valence-electron chi connectivity index (χ0n) is 11.3. The van der Waals surface area contributed by atoms with Gasteiger partial charge in [0.15, 0.2) is 5.58 Å². The van der Waals surface area contributed by atoms with Crippen molar-refractivity contribution in [1.82, 2.24) is 9.88 Å². The van der Waals surface area contributed by atoms with E-state index in [1.165, 1.54) is 0 Å². The van der Waals surface area contributed by atoms with Crippen molar-refractivity contribution in [3.63, 3.8) is 0 Å². The number of oxazole rings is 1. The molecule has 0 atom stereocenters. The Morgan fingerprint density at radius 3 is 2.95 bits per heavy atom. The van der Waals surface area contributed by atoms with Crippen molar-refractivity contribution < 1.29 is 9.21 Å². The van der Waals surface area contributed by atoms with Crippen molar-refractivity contribution in [2.45, 2.75) is 13.3 Å². The number of amides is 1. The highest BCUT2D eigenvalue weighted by atomic mass is 35.5. The minimum absolute atomic E-state index is 0.121. The number of rotatable bonds is 1. The van der Waals surface area contributed by atoms with Gasteiger partial charge in [-0.1, -0.05) is 11.6 Å². The Labute approximate surface area is 122 Å². The third-order valence-corrected chi connectivity index (χ3v) is 3.79. The second-order valence-electron chi connectivity index (χ2n) is 4.96. The van der Waals surface area contributed by atoms with E-state index in [-0.39, 0.29) is 5.91 Å². The Kier molecular flexibility index (Phi) is 3.53. The molecule has 1 aromatic heterocycles. The summed E-state index contributed by atoms with van der Waals surface area (Å²) in [5.41, 5.74) is 1.50. The molecule has 5 nitrogen and oxygen atoms in total. The molecule has 2 aromatic rings. The van der Waals surface area contributed by atoms with E-state index >= 15 is 0 Å². The van der Waals surface area contributed by atoms with Gasteiger partial charge in [-0.15, -0.1) is 0 Å². The molecule has 3 rings (SSSR count). The van der Waals surface area contributed by atoms with Gasteiger partial charge in [0.25, 0.3) is 6.01 Å². The first-order chi connectivity index (χ1) is 9.63. The fraction of sp³-hybridized carbons (Fsp3) is 0.429. The summed E-state index contributed by atoms with van der Waals surface area (Å²) in [5.74, 6) is 0.121. The Hall–Kier alpha value is -1.75. The summed E-state index contributed by atoms with van der Waals surface area (Å²) in [7, 11) is 0. The summed E-state index contributed by atoms with van der Waals surface area (Å²) in [6.07, 6.45) is 0.916. The summed E-state index contributed by atoms with van der Waals surface area (Å²) in [6.45, 7) is 4.67. The maximum Gasteiger partial charge on any atom is 0.298 e. The summed E-state index contributed by atoms with van der Waals surface area (Å²) in [4.78, 5) is 19.9. The number of carbonyl (C=O) groups excluding carboxylic acids is 1. The van der Waals surface area contributed by atoms with Crippen molar-refractivity contribution >= 4 is 34.6 Å². The van der Waals surface area contributed by atoms with E-state index in [0.717, 1.165) is 31.6 Å². The molecule has 0 spiro atoms. The molecule has 1 aliphatic heterocycles. The van der Waals surface area contributed by atoms with E-state index in [2.05, 4.69) is 9.88 Å². The fourth-order valence-electron chi connectivity index (χ4n) is 2.45. The predicted molar refractivity (Wildman–Crippen MR) is 78.1 cm³/mol. The molecule has 20 heavy (non-hydrogen) atoms. The first-order valence-corrected chi connectivity index (χ1v) is 7.08. The Balaban J connectivity index is 1.82. The summed E-state index contributed by atoms with van der Waals surface area (Å²) >= 11 is 5.95. The molecule has 0 aliphatic carbocycles. The smallest absolute Gasteiger partial charge is 0.298 e. The van der Waals surface area contributed by atoms with Gasteiger partial charge in [0.1, 0.15) is 5.52 Å². The molecule has 1 fully saturated rings. The lowest BCUT2D eigenvalue weighted by Crippen LogP contribution is -2.33. The second kappa shape index (κ2) is 5.32. The Bertz CT molecular complexity index is 640. The number of nitrogens with zero attached hydrogens (tertiary/aromatic N) is 3. The van der Waals surface area contributed by atoms with Crippen LogP contribution in [0.5, 0.6) is 0 Å². The lowest BCUT2D eigenvalue weighted by atomic mass is 10.3. The number of anilines is 1. The maximum absolute atomic E-state index is 11.4. The van der Waals surface area contributed by atoms with E-state index in [1.54, 1.807) is 19.1 Å². The van der Waals surface area contributed by atoms with Crippen molar-refractivity contribution in [3.8, 4) is 0 Å². The van der Waals surface area contributed by atoms with Crippen molar-refractivity contribution in [2.75, 3.05) is 31.1 Å². The number of hydrogen-bond acceptors (Lipinski definition) is 4. The molecule has 0 radical (unpaired) electrons. The SMILES string of the molecule is CC(=O)N1CCCN(c2nc3ccc(Cl)cc3o2)CC1. The number of fused-ring (bicyclic) bond motifs is 1. The highest BCUT2D eigenvalue weighted by Crippen LogP contribution is 2.25. The predicted octanol–water partition coefficient (Wildman–Crippen LogP) is 2.54. The van der Waals surface area contributed by atoms with Gasteiger partial charge in [-0.25, -0.2) is 0 Å². The van der Waals surface area contributed by atoms with Crippen LogP contribution in [0, 0.1) is 0 Å².